The Bertz CT molecular complexity index is 3840. The zero-order valence-electron chi connectivity index (χ0n) is 37.4. The third kappa shape index (κ3) is 6.37. The molecule has 13 rings (SSSR count). The summed E-state index contributed by atoms with van der Waals surface area (Å²) in [5.41, 5.74) is 19.7. The van der Waals surface area contributed by atoms with E-state index in [9.17, 15) is 0 Å². The van der Waals surface area contributed by atoms with Crippen LogP contribution >= 0.6 is 11.3 Å². The second-order valence-corrected chi connectivity index (χ2v) is 19.5. The van der Waals surface area contributed by atoms with Crippen LogP contribution in [0.3, 0.4) is 0 Å². The molecule has 2 aliphatic rings. The molecule has 0 N–H and O–H groups in total. The number of hydrogen-bond donors (Lipinski definition) is 0. The van der Waals surface area contributed by atoms with Crippen molar-refractivity contribution in [3.05, 3.63) is 253 Å². The molecule has 0 radical (unpaired) electrons. The molecule has 0 amide bonds. The van der Waals surface area contributed by atoms with E-state index in [4.69, 9.17) is 0 Å². The van der Waals surface area contributed by atoms with Gasteiger partial charge in [-0.05, 0) is 123 Å². The first-order chi connectivity index (χ1) is 33.0. The van der Waals surface area contributed by atoms with Gasteiger partial charge in [-0.2, -0.15) is 0 Å². The third-order valence-corrected chi connectivity index (χ3v) is 15.4. The number of benzene rings is 9. The second-order valence-electron chi connectivity index (χ2n) is 18.4. The molecule has 2 aliphatic carbocycles. The van der Waals surface area contributed by atoms with Crippen molar-refractivity contribution in [1.82, 2.24) is 4.57 Å². The molecule has 0 saturated carbocycles. The Kier molecular flexibility index (Phi) is 9.16. The molecule has 0 atom stereocenters. The summed E-state index contributed by atoms with van der Waals surface area (Å²) in [4.78, 5) is 2.52. The zero-order valence-corrected chi connectivity index (χ0v) is 38.3. The summed E-state index contributed by atoms with van der Waals surface area (Å²) >= 11 is 1.87. The van der Waals surface area contributed by atoms with Crippen LogP contribution in [0.25, 0.3) is 86.6 Å². The molecule has 0 spiro atoms. The van der Waals surface area contributed by atoms with Crippen LogP contribution in [-0.4, -0.2) is 4.57 Å². The Morgan fingerprint density at radius 1 is 0.493 bits per heavy atom. The highest BCUT2D eigenvalue weighted by Gasteiger charge is 2.38. The largest absolute Gasteiger partial charge is 0.313 e. The number of anilines is 2. The molecule has 3 heteroatoms. The molecule has 9 aromatic carbocycles. The smallest absolute Gasteiger partial charge is 0.0547 e. The summed E-state index contributed by atoms with van der Waals surface area (Å²) in [5.74, 6) is 0. The highest BCUT2D eigenvalue weighted by Crippen LogP contribution is 2.54. The van der Waals surface area contributed by atoms with Crippen molar-refractivity contribution in [2.24, 2.45) is 0 Å². The number of aromatic nitrogens is 1. The van der Waals surface area contributed by atoms with Crippen molar-refractivity contribution in [3.63, 3.8) is 0 Å². The molecule has 2 heterocycles. The van der Waals surface area contributed by atoms with Crippen LogP contribution in [0.15, 0.2) is 236 Å². The Balaban J connectivity index is 0.943. The number of para-hydroxylation sites is 2. The monoisotopic (exact) mass is 874 g/mol. The molecule has 67 heavy (non-hydrogen) atoms. The van der Waals surface area contributed by atoms with Gasteiger partial charge in [-0.1, -0.05) is 172 Å². The molecule has 2 nitrogen and oxygen atoms in total. The van der Waals surface area contributed by atoms with Crippen LogP contribution in [-0.2, 0) is 5.41 Å². The Labute approximate surface area is 395 Å². The maximum atomic E-state index is 2.52. The van der Waals surface area contributed by atoms with Crippen LogP contribution in [0.1, 0.15) is 37.0 Å². The Hall–Kier alpha value is -7.98. The first-order valence-electron chi connectivity index (χ1n) is 23.3. The average molecular weight is 875 g/mol. The summed E-state index contributed by atoms with van der Waals surface area (Å²) in [7, 11) is 0. The van der Waals surface area contributed by atoms with E-state index in [-0.39, 0.29) is 5.41 Å². The Morgan fingerprint density at radius 2 is 1.13 bits per heavy atom. The molecule has 0 bridgehead atoms. The van der Waals surface area contributed by atoms with E-state index in [1.54, 1.807) is 0 Å². The molecule has 318 valence electrons. The fourth-order valence-electron chi connectivity index (χ4n) is 11.0. The SMILES string of the molecule is CC1(C)c2ccccc2-c2c(N(C3=CC=C(c4ccc5sc6ccc(-c7ccccc7)cc6c5c4)C=CC3)c3ccc(-c4cccc5c4c4ccccc4n5-c4ccccc4)cc3)cccc21. The van der Waals surface area contributed by atoms with Crippen molar-refractivity contribution < 1.29 is 0 Å². The predicted octanol–water partition coefficient (Wildman–Crippen LogP) is 17.9. The summed E-state index contributed by atoms with van der Waals surface area (Å²) in [6.07, 6.45) is 10.1. The molecule has 0 saturated heterocycles. The predicted molar refractivity (Wildman–Crippen MR) is 287 cm³/mol. The fourth-order valence-corrected chi connectivity index (χ4v) is 12.1. The third-order valence-electron chi connectivity index (χ3n) is 14.3. The van der Waals surface area contributed by atoms with Gasteiger partial charge in [-0.15, -0.1) is 11.3 Å². The lowest BCUT2D eigenvalue weighted by Gasteiger charge is -2.30. The lowest BCUT2D eigenvalue weighted by Crippen LogP contribution is -2.18. The average Bonchev–Trinajstić information content (AvgIpc) is 3.91. The van der Waals surface area contributed by atoms with Crippen LogP contribution < -0.4 is 4.90 Å². The molecule has 0 aliphatic heterocycles. The van der Waals surface area contributed by atoms with Crippen molar-refractivity contribution >= 4 is 70.3 Å². The number of nitrogens with zero attached hydrogens (tertiary/aromatic N) is 2. The van der Waals surface area contributed by atoms with E-state index in [0.717, 1.165) is 17.8 Å². The van der Waals surface area contributed by atoms with E-state index < -0.39 is 0 Å². The summed E-state index contributed by atoms with van der Waals surface area (Å²) in [6, 6.07) is 76.1. The number of rotatable bonds is 7. The number of allylic oxidation sites excluding steroid dienone is 5. The van der Waals surface area contributed by atoms with Gasteiger partial charge >= 0.3 is 0 Å². The first-order valence-corrected chi connectivity index (χ1v) is 24.1. The van der Waals surface area contributed by atoms with Gasteiger partial charge in [0.1, 0.15) is 0 Å². The maximum absolute atomic E-state index is 2.52. The standard InChI is InChI=1S/C64H46N2S/c1-64(2)55-25-11-9-22-51(55)63-56(64)26-15-29-59(63)65(49-36-31-44(32-37-49)50-24-14-28-58-62(50)52-23-10-12-27-57(52)66(58)47-19-7-4-8-20-47)48-21-13-18-43(30-35-48)46-34-39-61-54(41-46)53-40-45(33-38-60(53)67-61)42-16-5-3-6-17-42/h3-20,22-41H,21H2,1-2H3. The molecule has 11 aromatic rings. The minimum absolute atomic E-state index is 0.119. The van der Waals surface area contributed by atoms with Crippen molar-refractivity contribution in [1.29, 1.82) is 0 Å². The van der Waals surface area contributed by atoms with Gasteiger partial charge in [0, 0.05) is 65.4 Å². The van der Waals surface area contributed by atoms with Crippen LogP contribution in [0.4, 0.5) is 11.4 Å². The number of thiophene rings is 1. The van der Waals surface area contributed by atoms with Gasteiger partial charge in [-0.25, -0.2) is 0 Å². The maximum Gasteiger partial charge on any atom is 0.0547 e. The van der Waals surface area contributed by atoms with Crippen LogP contribution in [0.5, 0.6) is 0 Å². The highest BCUT2D eigenvalue weighted by molar-refractivity contribution is 7.25. The number of hydrogen-bond acceptors (Lipinski definition) is 2. The summed E-state index contributed by atoms with van der Waals surface area (Å²) < 4.78 is 5.03. The van der Waals surface area contributed by atoms with Gasteiger partial charge in [-0.3, -0.25) is 0 Å². The minimum atomic E-state index is -0.119. The molecule has 0 fully saturated rings. The minimum Gasteiger partial charge on any atom is -0.313 e. The highest BCUT2D eigenvalue weighted by atomic mass is 32.1. The quantitative estimate of drug-likeness (QED) is 0.155. The number of fused-ring (bicyclic) bond motifs is 9. The van der Waals surface area contributed by atoms with Crippen molar-refractivity contribution in [3.8, 4) is 39.1 Å². The lowest BCUT2D eigenvalue weighted by molar-refractivity contribution is 0.660. The Morgan fingerprint density at radius 3 is 1.96 bits per heavy atom. The van der Waals surface area contributed by atoms with E-state index >= 15 is 0 Å². The fraction of sp³-hybridized carbons (Fsp3) is 0.0625. The van der Waals surface area contributed by atoms with Crippen molar-refractivity contribution in [2.75, 3.05) is 4.90 Å². The van der Waals surface area contributed by atoms with E-state index in [1.165, 1.54) is 109 Å². The van der Waals surface area contributed by atoms with Gasteiger partial charge in [0.25, 0.3) is 0 Å². The van der Waals surface area contributed by atoms with Gasteiger partial charge in [0.05, 0.1) is 16.7 Å². The topological polar surface area (TPSA) is 8.17 Å². The summed E-state index contributed by atoms with van der Waals surface area (Å²) in [5, 5.41) is 5.14. The normalized spacial score (nSPS) is 14.0. The van der Waals surface area contributed by atoms with E-state index in [2.05, 4.69) is 254 Å². The van der Waals surface area contributed by atoms with Gasteiger partial charge < -0.3 is 9.47 Å². The molecule has 2 aromatic heterocycles. The van der Waals surface area contributed by atoms with Gasteiger partial charge in [0.2, 0.25) is 0 Å². The molecular formula is C64H46N2S. The van der Waals surface area contributed by atoms with Gasteiger partial charge in [0.15, 0.2) is 0 Å². The van der Waals surface area contributed by atoms with E-state index in [1.807, 2.05) is 11.3 Å². The molecular weight excluding hydrogens is 829 g/mol. The van der Waals surface area contributed by atoms with Crippen LogP contribution in [0, 0.1) is 0 Å². The second kappa shape index (κ2) is 15.6. The summed E-state index contributed by atoms with van der Waals surface area (Å²) in [6.45, 7) is 4.74. The molecule has 0 unspecified atom stereocenters. The first kappa shape index (κ1) is 39.4. The lowest BCUT2D eigenvalue weighted by atomic mass is 9.82. The van der Waals surface area contributed by atoms with Crippen LogP contribution in [0.2, 0.25) is 0 Å². The van der Waals surface area contributed by atoms with Crippen molar-refractivity contribution in [2.45, 2.75) is 25.7 Å². The van der Waals surface area contributed by atoms with E-state index in [0.29, 0.717) is 0 Å². The zero-order chi connectivity index (χ0) is 44.6.